The average molecular weight is 417 g/mol. The molecule has 0 aliphatic heterocycles. The first kappa shape index (κ1) is 20.2. The number of halogens is 1. The second-order valence-electron chi connectivity index (χ2n) is 6.23. The van der Waals surface area contributed by atoms with Crippen LogP contribution in [0.4, 0.5) is 0 Å². The van der Waals surface area contributed by atoms with E-state index in [2.05, 4.69) is 20.5 Å². The van der Waals surface area contributed by atoms with Gasteiger partial charge in [-0.05, 0) is 43.2 Å². The van der Waals surface area contributed by atoms with E-state index < -0.39 is 0 Å². The molecule has 2 aromatic carbocycles. The number of aromatic amines is 1. The first-order valence-corrected chi connectivity index (χ1v) is 10.1. The van der Waals surface area contributed by atoms with E-state index in [1.807, 2.05) is 50.2 Å². The predicted octanol–water partition coefficient (Wildman–Crippen LogP) is 4.14. The number of rotatable bonds is 8. The molecule has 28 heavy (non-hydrogen) atoms. The van der Waals surface area contributed by atoms with Gasteiger partial charge in [-0.25, -0.2) is 4.98 Å². The lowest BCUT2D eigenvalue weighted by Crippen LogP contribution is -2.30. The van der Waals surface area contributed by atoms with Gasteiger partial charge in [0, 0.05) is 11.6 Å². The van der Waals surface area contributed by atoms with Crippen LogP contribution in [-0.4, -0.2) is 26.3 Å². The first-order valence-electron chi connectivity index (χ1n) is 8.80. The molecule has 0 fully saturated rings. The normalized spacial score (nSPS) is 11.8. The maximum absolute atomic E-state index is 12.3. The summed E-state index contributed by atoms with van der Waals surface area (Å²) in [5.41, 5.74) is 2.01. The number of amides is 1. The van der Waals surface area contributed by atoms with Crippen molar-refractivity contribution >= 4 is 29.3 Å². The molecule has 0 bridgehead atoms. The third-order valence-electron chi connectivity index (χ3n) is 3.98. The van der Waals surface area contributed by atoms with E-state index in [0.29, 0.717) is 28.3 Å². The summed E-state index contributed by atoms with van der Waals surface area (Å²) in [6, 6.07) is 15.3. The van der Waals surface area contributed by atoms with E-state index in [-0.39, 0.29) is 17.8 Å². The van der Waals surface area contributed by atoms with Gasteiger partial charge in [0.05, 0.1) is 5.25 Å². The highest BCUT2D eigenvalue weighted by molar-refractivity contribution is 8.00. The summed E-state index contributed by atoms with van der Waals surface area (Å²) in [7, 11) is 0. The molecule has 1 atom stereocenters. The van der Waals surface area contributed by atoms with Crippen LogP contribution in [0.15, 0.2) is 53.7 Å². The second kappa shape index (κ2) is 9.61. The summed E-state index contributed by atoms with van der Waals surface area (Å²) in [6.45, 7) is 4.50. The Hall–Kier alpha value is -2.51. The molecule has 0 saturated heterocycles. The van der Waals surface area contributed by atoms with Crippen molar-refractivity contribution in [2.45, 2.75) is 37.4 Å². The molecule has 0 spiro atoms. The highest BCUT2D eigenvalue weighted by Crippen LogP contribution is 2.22. The van der Waals surface area contributed by atoms with Crippen LogP contribution in [-0.2, 0) is 17.9 Å². The Morgan fingerprint density at radius 3 is 2.82 bits per heavy atom. The zero-order valence-electron chi connectivity index (χ0n) is 15.6. The Morgan fingerprint density at radius 2 is 2.07 bits per heavy atom. The van der Waals surface area contributed by atoms with Gasteiger partial charge < -0.3 is 10.1 Å². The Morgan fingerprint density at radius 1 is 1.29 bits per heavy atom. The number of hydrogen-bond acceptors (Lipinski definition) is 5. The van der Waals surface area contributed by atoms with Gasteiger partial charge in [0.25, 0.3) is 0 Å². The molecule has 1 amide bonds. The fourth-order valence-electron chi connectivity index (χ4n) is 2.39. The average Bonchev–Trinajstić information content (AvgIpc) is 3.15. The van der Waals surface area contributed by atoms with Crippen LogP contribution in [0.2, 0.25) is 5.02 Å². The topological polar surface area (TPSA) is 79.9 Å². The van der Waals surface area contributed by atoms with Gasteiger partial charge in [-0.2, -0.15) is 0 Å². The van der Waals surface area contributed by atoms with E-state index in [1.165, 1.54) is 11.8 Å². The molecule has 0 radical (unpaired) electrons. The lowest BCUT2D eigenvalue weighted by molar-refractivity contribution is -0.120. The third-order valence-corrected chi connectivity index (χ3v) is 5.36. The highest BCUT2D eigenvalue weighted by atomic mass is 35.5. The molecular formula is C20H21ClN4O2S. The van der Waals surface area contributed by atoms with Crippen molar-refractivity contribution < 1.29 is 9.53 Å². The number of ether oxygens (including phenoxy) is 1. The molecule has 146 valence electrons. The summed E-state index contributed by atoms with van der Waals surface area (Å²) in [5.74, 6) is 1.24. The van der Waals surface area contributed by atoms with Crippen LogP contribution in [0.3, 0.4) is 0 Å². The molecule has 6 nitrogen and oxygen atoms in total. The van der Waals surface area contributed by atoms with Crippen molar-refractivity contribution in [3.63, 3.8) is 0 Å². The first-order chi connectivity index (χ1) is 13.5. The SMILES string of the molecule is Cc1cc(OCc2nc(S[C@@H](C)C(=O)NCc3ccccc3)n[nH]2)ccc1Cl. The lowest BCUT2D eigenvalue weighted by atomic mass is 10.2. The quantitative estimate of drug-likeness (QED) is 0.539. The van der Waals surface area contributed by atoms with Crippen molar-refractivity contribution in [1.29, 1.82) is 0 Å². The second-order valence-corrected chi connectivity index (χ2v) is 7.94. The number of carbonyl (C=O) groups is 1. The number of aromatic nitrogens is 3. The summed E-state index contributed by atoms with van der Waals surface area (Å²) in [6.07, 6.45) is 0. The summed E-state index contributed by atoms with van der Waals surface area (Å²) < 4.78 is 5.70. The van der Waals surface area contributed by atoms with E-state index in [1.54, 1.807) is 12.1 Å². The molecule has 2 N–H and O–H groups in total. The molecule has 0 aliphatic rings. The van der Waals surface area contributed by atoms with Crippen molar-refractivity contribution in [2.24, 2.45) is 0 Å². The summed E-state index contributed by atoms with van der Waals surface area (Å²) in [4.78, 5) is 16.6. The highest BCUT2D eigenvalue weighted by Gasteiger charge is 2.17. The maximum Gasteiger partial charge on any atom is 0.233 e. The van der Waals surface area contributed by atoms with Crippen molar-refractivity contribution in [3.05, 3.63) is 70.5 Å². The number of aryl methyl sites for hydroxylation is 1. The summed E-state index contributed by atoms with van der Waals surface area (Å²) in [5, 5.41) is 10.8. The molecule has 3 rings (SSSR count). The van der Waals surface area contributed by atoms with Crippen molar-refractivity contribution in [3.8, 4) is 5.75 Å². The zero-order chi connectivity index (χ0) is 19.9. The van der Waals surface area contributed by atoms with Crippen LogP contribution in [0.5, 0.6) is 5.75 Å². The molecule has 3 aromatic rings. The number of benzene rings is 2. The third kappa shape index (κ3) is 5.74. The molecule has 0 unspecified atom stereocenters. The fourth-order valence-corrected chi connectivity index (χ4v) is 3.28. The minimum Gasteiger partial charge on any atom is -0.486 e. The Balaban J connectivity index is 1.47. The number of thioether (sulfide) groups is 1. The Bertz CT molecular complexity index is 933. The van der Waals surface area contributed by atoms with Gasteiger partial charge in [-0.15, -0.1) is 5.10 Å². The number of nitrogens with one attached hydrogen (secondary N) is 2. The number of carbonyl (C=O) groups excluding carboxylic acids is 1. The fraction of sp³-hybridized carbons (Fsp3) is 0.250. The van der Waals surface area contributed by atoms with Crippen LogP contribution in [0.25, 0.3) is 0 Å². The van der Waals surface area contributed by atoms with Crippen molar-refractivity contribution in [1.82, 2.24) is 20.5 Å². The van der Waals surface area contributed by atoms with Crippen LogP contribution >= 0.6 is 23.4 Å². The van der Waals surface area contributed by atoms with Gasteiger partial charge in [-0.1, -0.05) is 53.7 Å². The van der Waals surface area contributed by atoms with E-state index in [0.717, 1.165) is 11.1 Å². The van der Waals surface area contributed by atoms with Crippen LogP contribution in [0.1, 0.15) is 23.9 Å². The number of nitrogens with zero attached hydrogens (tertiary/aromatic N) is 2. The van der Waals surface area contributed by atoms with E-state index in [4.69, 9.17) is 16.3 Å². The summed E-state index contributed by atoms with van der Waals surface area (Å²) >= 11 is 7.31. The monoisotopic (exact) mass is 416 g/mol. The van der Waals surface area contributed by atoms with Gasteiger partial charge in [0.2, 0.25) is 11.1 Å². The molecule has 0 aliphatic carbocycles. The van der Waals surface area contributed by atoms with E-state index in [9.17, 15) is 4.79 Å². The van der Waals surface area contributed by atoms with Gasteiger partial charge >= 0.3 is 0 Å². The zero-order valence-corrected chi connectivity index (χ0v) is 17.2. The molecule has 0 saturated carbocycles. The molecule has 1 aromatic heterocycles. The van der Waals surface area contributed by atoms with Gasteiger partial charge in [0.15, 0.2) is 5.82 Å². The Kier molecular flexibility index (Phi) is 6.95. The van der Waals surface area contributed by atoms with E-state index >= 15 is 0 Å². The lowest BCUT2D eigenvalue weighted by Gasteiger charge is -2.10. The molecule has 1 heterocycles. The number of hydrogen-bond donors (Lipinski definition) is 2. The standard InChI is InChI=1S/C20H21ClN4O2S/c1-13-10-16(8-9-17(13)21)27-12-18-23-20(25-24-18)28-14(2)19(26)22-11-15-6-4-3-5-7-15/h3-10,14H,11-12H2,1-2H3,(H,22,26)(H,23,24,25)/t14-/m0/s1. The number of H-pyrrole nitrogens is 1. The van der Waals surface area contributed by atoms with Crippen LogP contribution < -0.4 is 10.1 Å². The predicted molar refractivity (Wildman–Crippen MR) is 111 cm³/mol. The Labute approximate surface area is 173 Å². The largest absolute Gasteiger partial charge is 0.486 e. The van der Waals surface area contributed by atoms with Gasteiger partial charge in [-0.3, -0.25) is 9.89 Å². The molecule has 8 heteroatoms. The minimum atomic E-state index is -0.313. The van der Waals surface area contributed by atoms with Crippen molar-refractivity contribution in [2.75, 3.05) is 0 Å². The maximum atomic E-state index is 12.3. The molecular weight excluding hydrogens is 396 g/mol. The smallest absolute Gasteiger partial charge is 0.233 e. The van der Waals surface area contributed by atoms with Crippen LogP contribution in [0, 0.1) is 6.92 Å². The van der Waals surface area contributed by atoms with Gasteiger partial charge in [0.1, 0.15) is 12.4 Å². The minimum absolute atomic E-state index is 0.0620.